The van der Waals surface area contributed by atoms with Crippen molar-refractivity contribution in [1.82, 2.24) is 15.3 Å². The van der Waals surface area contributed by atoms with Gasteiger partial charge in [0.25, 0.3) is 5.91 Å². The standard InChI is InChI=1S/C25H30N4O2S/c1-4-22-16-23(29(2)17-19-8-6-5-7-9-19)28-25(27-22)32-18-20-10-12-21(13-11-20)24(30)26-14-15-31-3/h5-13,16H,4,14-15,17-18H2,1-3H3,(H,26,30). The Morgan fingerprint density at radius 3 is 2.50 bits per heavy atom. The molecule has 3 aromatic rings. The second kappa shape index (κ2) is 12.2. The molecule has 0 saturated heterocycles. The molecule has 0 saturated carbocycles. The first-order valence-electron chi connectivity index (χ1n) is 10.7. The van der Waals surface area contributed by atoms with Gasteiger partial charge in [0.05, 0.1) is 6.61 Å². The van der Waals surface area contributed by atoms with Crippen molar-refractivity contribution < 1.29 is 9.53 Å². The second-order valence-corrected chi connectivity index (χ2v) is 8.37. The predicted molar refractivity (Wildman–Crippen MR) is 130 cm³/mol. The molecule has 0 unspecified atom stereocenters. The van der Waals surface area contributed by atoms with Crippen molar-refractivity contribution in [3.63, 3.8) is 0 Å². The highest BCUT2D eigenvalue weighted by Gasteiger charge is 2.10. The lowest BCUT2D eigenvalue weighted by Gasteiger charge is -2.19. The molecule has 168 valence electrons. The van der Waals surface area contributed by atoms with E-state index in [2.05, 4.69) is 54.5 Å². The van der Waals surface area contributed by atoms with E-state index >= 15 is 0 Å². The molecule has 0 aliphatic carbocycles. The van der Waals surface area contributed by atoms with Crippen molar-refractivity contribution in [3.8, 4) is 0 Å². The number of rotatable bonds is 11. The summed E-state index contributed by atoms with van der Waals surface area (Å²) in [5, 5.41) is 3.59. The number of ether oxygens (including phenoxy) is 1. The van der Waals surface area contributed by atoms with Gasteiger partial charge in [0.2, 0.25) is 0 Å². The second-order valence-electron chi connectivity index (χ2n) is 7.43. The van der Waals surface area contributed by atoms with Gasteiger partial charge in [0.1, 0.15) is 5.82 Å². The quantitative estimate of drug-likeness (QED) is 0.266. The van der Waals surface area contributed by atoms with E-state index in [1.807, 2.05) is 30.3 Å². The number of hydrogen-bond acceptors (Lipinski definition) is 6. The van der Waals surface area contributed by atoms with Crippen molar-refractivity contribution in [2.24, 2.45) is 0 Å². The van der Waals surface area contributed by atoms with Gasteiger partial charge in [-0.3, -0.25) is 4.79 Å². The van der Waals surface area contributed by atoms with Crippen LogP contribution in [-0.4, -0.2) is 43.2 Å². The Morgan fingerprint density at radius 2 is 1.81 bits per heavy atom. The molecule has 0 aliphatic rings. The summed E-state index contributed by atoms with van der Waals surface area (Å²) in [6, 6.07) is 20.1. The lowest BCUT2D eigenvalue weighted by atomic mass is 10.1. The molecule has 2 aromatic carbocycles. The van der Waals surface area contributed by atoms with Crippen LogP contribution in [0.4, 0.5) is 5.82 Å². The van der Waals surface area contributed by atoms with Crippen molar-refractivity contribution in [2.75, 3.05) is 32.2 Å². The van der Waals surface area contributed by atoms with Crippen LogP contribution in [0.5, 0.6) is 0 Å². The molecule has 0 fully saturated rings. The van der Waals surface area contributed by atoms with Crippen LogP contribution in [0.2, 0.25) is 0 Å². The van der Waals surface area contributed by atoms with Crippen LogP contribution in [0.3, 0.4) is 0 Å². The molecule has 0 bridgehead atoms. The maximum Gasteiger partial charge on any atom is 0.251 e. The summed E-state index contributed by atoms with van der Waals surface area (Å²) in [6.45, 7) is 3.89. The number of nitrogens with zero attached hydrogens (tertiary/aromatic N) is 3. The third-order valence-corrected chi connectivity index (χ3v) is 5.86. The van der Waals surface area contributed by atoms with Gasteiger partial charge in [-0.05, 0) is 29.7 Å². The van der Waals surface area contributed by atoms with E-state index in [9.17, 15) is 4.79 Å². The number of carbonyl (C=O) groups excluding carboxylic acids is 1. The van der Waals surface area contributed by atoms with Crippen LogP contribution in [0.1, 0.15) is 34.1 Å². The Balaban J connectivity index is 1.63. The third-order valence-electron chi connectivity index (χ3n) is 4.94. The van der Waals surface area contributed by atoms with Gasteiger partial charge in [-0.1, -0.05) is 61.2 Å². The molecule has 1 N–H and O–H groups in total. The van der Waals surface area contributed by atoms with E-state index in [-0.39, 0.29) is 5.91 Å². The van der Waals surface area contributed by atoms with Crippen LogP contribution in [0.15, 0.2) is 65.8 Å². The van der Waals surface area contributed by atoms with Crippen molar-refractivity contribution >= 4 is 23.5 Å². The number of aryl methyl sites for hydroxylation is 1. The monoisotopic (exact) mass is 450 g/mol. The lowest BCUT2D eigenvalue weighted by molar-refractivity contribution is 0.0937. The van der Waals surface area contributed by atoms with Gasteiger partial charge in [0, 0.05) is 50.3 Å². The molecular weight excluding hydrogens is 420 g/mol. The summed E-state index contributed by atoms with van der Waals surface area (Å²) in [4.78, 5) is 23.7. The molecular formula is C25H30N4O2S. The number of aromatic nitrogens is 2. The molecule has 3 rings (SSSR count). The summed E-state index contributed by atoms with van der Waals surface area (Å²) in [5.74, 6) is 1.57. The van der Waals surface area contributed by atoms with Crippen LogP contribution in [-0.2, 0) is 23.5 Å². The van der Waals surface area contributed by atoms with Crippen LogP contribution in [0.25, 0.3) is 0 Å². The molecule has 1 heterocycles. The minimum absolute atomic E-state index is 0.0914. The van der Waals surface area contributed by atoms with Gasteiger partial charge >= 0.3 is 0 Å². The zero-order valence-electron chi connectivity index (χ0n) is 18.9. The summed E-state index contributed by atoms with van der Waals surface area (Å²) in [7, 11) is 3.67. The zero-order chi connectivity index (χ0) is 22.8. The summed E-state index contributed by atoms with van der Waals surface area (Å²) < 4.78 is 4.96. The van der Waals surface area contributed by atoms with Crippen LogP contribution < -0.4 is 10.2 Å². The third kappa shape index (κ3) is 7.07. The molecule has 0 aliphatic heterocycles. The number of benzene rings is 2. The fraction of sp³-hybridized carbons (Fsp3) is 0.320. The van der Waals surface area contributed by atoms with Gasteiger partial charge in [-0.25, -0.2) is 9.97 Å². The normalized spacial score (nSPS) is 10.7. The number of amides is 1. The molecule has 0 spiro atoms. The molecule has 32 heavy (non-hydrogen) atoms. The van der Waals surface area contributed by atoms with Gasteiger partial charge in [-0.2, -0.15) is 0 Å². The number of thioether (sulfide) groups is 1. The smallest absolute Gasteiger partial charge is 0.251 e. The first kappa shape index (κ1) is 23.8. The highest BCUT2D eigenvalue weighted by molar-refractivity contribution is 7.98. The molecule has 6 nitrogen and oxygen atoms in total. The Bertz CT molecular complexity index is 997. The summed E-state index contributed by atoms with van der Waals surface area (Å²) >= 11 is 1.61. The first-order chi connectivity index (χ1) is 15.6. The number of nitrogens with one attached hydrogen (secondary N) is 1. The first-order valence-corrected chi connectivity index (χ1v) is 11.7. The predicted octanol–water partition coefficient (Wildman–Crippen LogP) is 4.34. The highest BCUT2D eigenvalue weighted by Crippen LogP contribution is 2.24. The minimum atomic E-state index is -0.0914. The van der Waals surface area contributed by atoms with Crippen LogP contribution in [0, 0.1) is 0 Å². The minimum Gasteiger partial charge on any atom is -0.383 e. The van der Waals surface area contributed by atoms with Crippen molar-refractivity contribution in [3.05, 3.63) is 83.0 Å². The SMILES string of the molecule is CCc1cc(N(C)Cc2ccccc2)nc(SCc2ccc(C(=O)NCCOC)cc2)n1. The Kier molecular flexibility index (Phi) is 9.07. The largest absolute Gasteiger partial charge is 0.383 e. The highest BCUT2D eigenvalue weighted by atomic mass is 32.2. The van der Waals surface area contributed by atoms with E-state index in [0.29, 0.717) is 18.7 Å². The summed E-state index contributed by atoms with van der Waals surface area (Å²) in [5.41, 5.74) is 4.03. The number of carbonyl (C=O) groups is 1. The van der Waals surface area contributed by atoms with Gasteiger partial charge < -0.3 is 15.0 Å². The topological polar surface area (TPSA) is 67.4 Å². The zero-order valence-corrected chi connectivity index (χ0v) is 19.7. The Morgan fingerprint density at radius 1 is 1.06 bits per heavy atom. The average molecular weight is 451 g/mol. The number of hydrogen-bond donors (Lipinski definition) is 1. The van der Waals surface area contributed by atoms with E-state index in [0.717, 1.165) is 41.0 Å². The Hall–Kier alpha value is -2.90. The molecule has 0 radical (unpaired) electrons. The van der Waals surface area contributed by atoms with E-state index in [1.54, 1.807) is 18.9 Å². The fourth-order valence-electron chi connectivity index (χ4n) is 3.11. The maximum atomic E-state index is 12.1. The lowest BCUT2D eigenvalue weighted by Crippen LogP contribution is -2.26. The summed E-state index contributed by atoms with van der Waals surface area (Å²) in [6.07, 6.45) is 0.856. The van der Waals surface area contributed by atoms with Gasteiger partial charge in [0.15, 0.2) is 5.16 Å². The molecule has 0 atom stereocenters. The number of methoxy groups -OCH3 is 1. The van der Waals surface area contributed by atoms with Gasteiger partial charge in [-0.15, -0.1) is 0 Å². The maximum absolute atomic E-state index is 12.1. The van der Waals surface area contributed by atoms with E-state index < -0.39 is 0 Å². The molecule has 1 aromatic heterocycles. The van der Waals surface area contributed by atoms with Crippen molar-refractivity contribution in [1.29, 1.82) is 0 Å². The van der Waals surface area contributed by atoms with Crippen LogP contribution >= 0.6 is 11.8 Å². The number of anilines is 1. The van der Waals surface area contributed by atoms with E-state index in [4.69, 9.17) is 14.7 Å². The molecule has 1 amide bonds. The Labute approximate surface area is 194 Å². The fourth-order valence-corrected chi connectivity index (χ4v) is 3.94. The van der Waals surface area contributed by atoms with E-state index in [1.165, 1.54) is 5.56 Å². The molecule has 7 heteroatoms. The average Bonchev–Trinajstić information content (AvgIpc) is 2.83. The van der Waals surface area contributed by atoms with Crippen molar-refractivity contribution in [2.45, 2.75) is 30.8 Å².